The Morgan fingerprint density at radius 1 is 1.31 bits per heavy atom. The molecule has 1 saturated carbocycles. The van der Waals surface area contributed by atoms with Crippen LogP contribution in [0.4, 0.5) is 0 Å². The average molecular weight is 476 g/mol. The number of hydrogen-bond donors (Lipinski definition) is 2. The number of amides is 1. The molecule has 1 atom stereocenters. The number of nitrogens with one attached hydrogen (secondary N) is 2. The molecule has 1 saturated heterocycles. The number of aliphatic imine (C=N–C) groups is 1. The van der Waals surface area contributed by atoms with Gasteiger partial charge < -0.3 is 20.1 Å². The molecular weight excluding hydrogens is 447 g/mol. The number of aryl methyl sites for hydroxylation is 1. The minimum Gasteiger partial charge on any atom is -0.352 e. The van der Waals surface area contributed by atoms with Crippen LogP contribution in [0.25, 0.3) is 0 Å². The molecule has 0 spiro atoms. The summed E-state index contributed by atoms with van der Waals surface area (Å²) in [5.74, 6) is 2.42. The average Bonchev–Trinajstić information content (AvgIpc) is 3.27. The Kier molecular flexibility index (Phi) is 8.11. The molecule has 8 nitrogen and oxygen atoms in total. The lowest BCUT2D eigenvalue weighted by Crippen LogP contribution is -2.45. The van der Waals surface area contributed by atoms with Crippen LogP contribution >= 0.6 is 24.0 Å². The first-order valence-corrected chi connectivity index (χ1v) is 9.21. The van der Waals surface area contributed by atoms with Gasteiger partial charge in [0.2, 0.25) is 11.8 Å². The highest BCUT2D eigenvalue weighted by molar-refractivity contribution is 14.0. The largest absolute Gasteiger partial charge is 0.352 e. The Morgan fingerprint density at radius 2 is 2.08 bits per heavy atom. The fourth-order valence-electron chi connectivity index (χ4n) is 3.65. The maximum Gasteiger partial charge on any atom is 0.246 e. The number of hydrogen-bond acceptors (Lipinski definition) is 5. The van der Waals surface area contributed by atoms with Crippen molar-refractivity contribution in [2.24, 2.45) is 10.9 Å². The van der Waals surface area contributed by atoms with E-state index in [9.17, 15) is 4.79 Å². The number of carbonyl (C=O) groups is 1. The summed E-state index contributed by atoms with van der Waals surface area (Å²) in [4.78, 5) is 23.0. The summed E-state index contributed by atoms with van der Waals surface area (Å²) in [6.07, 6.45) is 6.71. The van der Waals surface area contributed by atoms with Gasteiger partial charge in [-0.1, -0.05) is 24.4 Å². The molecule has 9 heteroatoms. The molecule has 2 N–H and O–H groups in total. The maximum atomic E-state index is 12.6. The molecular formula is C17H29IN6O2. The number of likely N-dealkylation sites (tertiary alicyclic amines) is 1. The lowest BCUT2D eigenvalue weighted by molar-refractivity contribution is -0.135. The molecule has 1 aliphatic heterocycles. The Morgan fingerprint density at radius 3 is 2.73 bits per heavy atom. The highest BCUT2D eigenvalue weighted by atomic mass is 127. The van der Waals surface area contributed by atoms with Crippen LogP contribution in [0.3, 0.4) is 0 Å². The quantitative estimate of drug-likeness (QED) is 0.391. The Hall–Kier alpha value is -1.39. The first-order valence-electron chi connectivity index (χ1n) is 9.21. The first kappa shape index (κ1) is 20.9. The van der Waals surface area contributed by atoms with E-state index in [4.69, 9.17) is 4.52 Å². The monoisotopic (exact) mass is 476 g/mol. The van der Waals surface area contributed by atoms with Gasteiger partial charge in [-0.05, 0) is 26.2 Å². The number of halogens is 1. The van der Waals surface area contributed by atoms with E-state index < -0.39 is 0 Å². The van der Waals surface area contributed by atoms with Gasteiger partial charge in [-0.3, -0.25) is 9.79 Å². The summed E-state index contributed by atoms with van der Waals surface area (Å²) >= 11 is 0. The predicted molar refractivity (Wildman–Crippen MR) is 109 cm³/mol. The van der Waals surface area contributed by atoms with Crippen LogP contribution in [0.1, 0.15) is 50.2 Å². The molecule has 2 aliphatic rings. The van der Waals surface area contributed by atoms with Crippen molar-refractivity contribution < 1.29 is 9.32 Å². The van der Waals surface area contributed by atoms with E-state index in [0.29, 0.717) is 30.1 Å². The van der Waals surface area contributed by atoms with Gasteiger partial charge in [0.05, 0.1) is 6.54 Å². The second-order valence-corrected chi connectivity index (χ2v) is 6.91. The van der Waals surface area contributed by atoms with Gasteiger partial charge in [-0.2, -0.15) is 4.98 Å². The third-order valence-corrected chi connectivity index (χ3v) is 5.00. The molecule has 2 heterocycles. The molecule has 1 unspecified atom stereocenters. The zero-order valence-corrected chi connectivity index (χ0v) is 17.9. The van der Waals surface area contributed by atoms with E-state index in [-0.39, 0.29) is 35.9 Å². The number of guanidine groups is 1. The summed E-state index contributed by atoms with van der Waals surface area (Å²) in [6, 6.07) is 0.225. The van der Waals surface area contributed by atoms with E-state index >= 15 is 0 Å². The Bertz CT molecular complexity index is 614. The fraction of sp³-hybridized carbons (Fsp3) is 0.765. The molecule has 1 amide bonds. The smallest absolute Gasteiger partial charge is 0.246 e. The van der Waals surface area contributed by atoms with Gasteiger partial charge in [0.15, 0.2) is 11.8 Å². The van der Waals surface area contributed by atoms with E-state index in [1.165, 1.54) is 19.3 Å². The van der Waals surface area contributed by atoms with Crippen LogP contribution < -0.4 is 10.6 Å². The van der Waals surface area contributed by atoms with Gasteiger partial charge in [0.25, 0.3) is 0 Å². The zero-order valence-electron chi connectivity index (χ0n) is 15.5. The summed E-state index contributed by atoms with van der Waals surface area (Å²) in [5.41, 5.74) is 0. The summed E-state index contributed by atoms with van der Waals surface area (Å²) in [6.45, 7) is 3.79. The van der Waals surface area contributed by atoms with Gasteiger partial charge >= 0.3 is 0 Å². The summed E-state index contributed by atoms with van der Waals surface area (Å²) in [7, 11) is 1.73. The van der Waals surface area contributed by atoms with Crippen LogP contribution in [0.15, 0.2) is 9.52 Å². The van der Waals surface area contributed by atoms with E-state index in [0.717, 1.165) is 32.4 Å². The van der Waals surface area contributed by atoms with Gasteiger partial charge in [0.1, 0.15) is 0 Å². The van der Waals surface area contributed by atoms with Crippen molar-refractivity contribution in [1.29, 1.82) is 0 Å². The number of nitrogens with zero attached hydrogens (tertiary/aromatic N) is 4. The van der Waals surface area contributed by atoms with Crippen LogP contribution in [-0.4, -0.2) is 53.1 Å². The molecule has 1 aromatic rings. The van der Waals surface area contributed by atoms with Crippen LogP contribution in [0.5, 0.6) is 0 Å². The molecule has 0 radical (unpaired) electrons. The van der Waals surface area contributed by atoms with Gasteiger partial charge in [0, 0.05) is 32.1 Å². The SMILES string of the molecule is CN=C(NCc1nc(C)no1)NC1CCN(C(=O)C2CCCCC2)C1.I. The minimum absolute atomic E-state index is 0. The molecule has 1 aromatic heterocycles. The topological polar surface area (TPSA) is 95.7 Å². The first-order chi connectivity index (χ1) is 12.2. The van der Waals surface area contributed by atoms with E-state index in [1.54, 1.807) is 14.0 Å². The highest BCUT2D eigenvalue weighted by Gasteiger charge is 2.31. The fourth-order valence-corrected chi connectivity index (χ4v) is 3.65. The van der Waals surface area contributed by atoms with Crippen molar-refractivity contribution in [3.8, 4) is 0 Å². The van der Waals surface area contributed by atoms with Gasteiger partial charge in [-0.25, -0.2) is 0 Å². The molecule has 0 bridgehead atoms. The lowest BCUT2D eigenvalue weighted by Gasteiger charge is -2.26. The van der Waals surface area contributed by atoms with Crippen molar-refractivity contribution in [3.05, 3.63) is 11.7 Å². The number of aromatic nitrogens is 2. The van der Waals surface area contributed by atoms with Crippen LogP contribution in [-0.2, 0) is 11.3 Å². The molecule has 26 heavy (non-hydrogen) atoms. The van der Waals surface area contributed by atoms with E-state index in [2.05, 4.69) is 25.8 Å². The molecule has 2 fully saturated rings. The summed E-state index contributed by atoms with van der Waals surface area (Å²) in [5, 5.41) is 10.3. The van der Waals surface area contributed by atoms with Crippen molar-refractivity contribution in [2.75, 3.05) is 20.1 Å². The highest BCUT2D eigenvalue weighted by Crippen LogP contribution is 2.26. The maximum absolute atomic E-state index is 12.6. The standard InChI is InChI=1S/C17H28N6O2.HI/c1-12-20-15(25-22-12)10-19-17(18-2)21-14-8-9-23(11-14)16(24)13-6-4-3-5-7-13;/h13-14H,3-11H2,1-2H3,(H2,18,19,21);1H. The Labute approximate surface area is 171 Å². The van der Waals surface area contributed by atoms with Crippen LogP contribution in [0, 0.1) is 12.8 Å². The molecule has 146 valence electrons. The van der Waals surface area contributed by atoms with Crippen molar-refractivity contribution in [1.82, 2.24) is 25.7 Å². The summed E-state index contributed by atoms with van der Waals surface area (Å²) < 4.78 is 5.09. The molecule has 0 aromatic carbocycles. The van der Waals surface area contributed by atoms with Crippen molar-refractivity contribution in [3.63, 3.8) is 0 Å². The lowest BCUT2D eigenvalue weighted by atomic mass is 9.88. The zero-order chi connectivity index (χ0) is 17.6. The Balaban J connectivity index is 0.00000243. The third kappa shape index (κ3) is 5.55. The molecule has 1 aliphatic carbocycles. The van der Waals surface area contributed by atoms with Crippen molar-refractivity contribution in [2.45, 2.75) is 58.0 Å². The van der Waals surface area contributed by atoms with Gasteiger partial charge in [-0.15, -0.1) is 24.0 Å². The van der Waals surface area contributed by atoms with Crippen LogP contribution in [0.2, 0.25) is 0 Å². The second-order valence-electron chi connectivity index (χ2n) is 6.91. The number of rotatable bonds is 4. The second kappa shape index (κ2) is 10.1. The normalized spacial score (nSPS) is 21.4. The minimum atomic E-state index is 0. The van der Waals surface area contributed by atoms with Crippen molar-refractivity contribution >= 4 is 35.8 Å². The molecule has 3 rings (SSSR count). The number of carbonyl (C=O) groups excluding carboxylic acids is 1. The predicted octanol–water partition coefficient (Wildman–Crippen LogP) is 1.84. The third-order valence-electron chi connectivity index (χ3n) is 5.00. The van der Waals surface area contributed by atoms with E-state index in [1.807, 2.05) is 4.90 Å².